The number of alkyl halides is 1. The molecule has 1 aromatic rings. The number of halogens is 2. The van der Waals surface area contributed by atoms with Crippen LogP contribution in [0.1, 0.15) is 12.0 Å². The first-order valence-electron chi connectivity index (χ1n) is 4.30. The Balaban J connectivity index is 2.46. The Hall–Kier alpha value is -0.730. The van der Waals surface area contributed by atoms with Crippen LogP contribution in [0, 0.1) is 0 Å². The van der Waals surface area contributed by atoms with E-state index in [0.717, 1.165) is 5.56 Å². The smallest absolute Gasteiger partial charge is 0.221 e. The monoisotopic (exact) mass is 231 g/mol. The number of carbonyl (C=O) groups is 1. The molecule has 1 amide bonds. The van der Waals surface area contributed by atoms with E-state index in [1.165, 1.54) is 0 Å². The van der Waals surface area contributed by atoms with Gasteiger partial charge in [-0.2, -0.15) is 0 Å². The molecule has 0 aromatic heterocycles. The summed E-state index contributed by atoms with van der Waals surface area (Å²) in [6, 6.07) is 7.41. The van der Waals surface area contributed by atoms with Crippen molar-refractivity contribution < 1.29 is 4.79 Å². The zero-order valence-corrected chi connectivity index (χ0v) is 9.11. The highest BCUT2D eigenvalue weighted by Crippen LogP contribution is 2.14. The van der Waals surface area contributed by atoms with Crippen molar-refractivity contribution in [1.29, 1.82) is 0 Å². The van der Waals surface area contributed by atoms with Gasteiger partial charge >= 0.3 is 0 Å². The normalized spacial score (nSPS) is 9.86. The molecule has 0 saturated carbocycles. The maximum absolute atomic E-state index is 11.1. The standard InChI is InChI=1S/C10H11Cl2NO/c11-6-5-10(14)13-7-8-3-1-2-4-9(8)12/h1-4H,5-7H2,(H,13,14). The Morgan fingerprint density at radius 3 is 2.71 bits per heavy atom. The number of carbonyl (C=O) groups excluding carboxylic acids is 1. The number of benzene rings is 1. The highest BCUT2D eigenvalue weighted by molar-refractivity contribution is 6.31. The maximum atomic E-state index is 11.1. The third kappa shape index (κ3) is 3.56. The van der Waals surface area contributed by atoms with Gasteiger partial charge in [-0.25, -0.2) is 0 Å². The first-order chi connectivity index (χ1) is 6.74. The predicted molar refractivity (Wildman–Crippen MR) is 58.6 cm³/mol. The Labute approximate surface area is 93.2 Å². The fourth-order valence-electron chi connectivity index (χ4n) is 1.01. The largest absolute Gasteiger partial charge is 0.352 e. The third-order valence-corrected chi connectivity index (χ3v) is 2.31. The molecule has 0 spiro atoms. The lowest BCUT2D eigenvalue weighted by Crippen LogP contribution is -2.22. The third-order valence-electron chi connectivity index (χ3n) is 1.76. The summed E-state index contributed by atoms with van der Waals surface area (Å²) in [5, 5.41) is 3.40. The number of nitrogens with one attached hydrogen (secondary N) is 1. The summed E-state index contributed by atoms with van der Waals surface area (Å²) in [5.74, 6) is 0.286. The van der Waals surface area contributed by atoms with Gasteiger partial charge in [0.25, 0.3) is 0 Å². The van der Waals surface area contributed by atoms with E-state index >= 15 is 0 Å². The minimum atomic E-state index is -0.0556. The maximum Gasteiger partial charge on any atom is 0.221 e. The minimum absolute atomic E-state index is 0.0556. The van der Waals surface area contributed by atoms with Gasteiger partial charge in [-0.3, -0.25) is 4.79 Å². The summed E-state index contributed by atoms with van der Waals surface area (Å²) in [5.41, 5.74) is 0.914. The van der Waals surface area contributed by atoms with Crippen molar-refractivity contribution in [2.75, 3.05) is 5.88 Å². The van der Waals surface area contributed by atoms with E-state index in [9.17, 15) is 4.79 Å². The van der Waals surface area contributed by atoms with Crippen LogP contribution in [0.15, 0.2) is 24.3 Å². The molecular formula is C10H11Cl2NO. The summed E-state index contributed by atoms with van der Waals surface area (Å²) in [6.07, 6.45) is 0.339. The van der Waals surface area contributed by atoms with E-state index in [0.29, 0.717) is 23.9 Å². The average Bonchev–Trinajstić information content (AvgIpc) is 2.17. The molecule has 2 nitrogen and oxygen atoms in total. The molecule has 0 bridgehead atoms. The Kier molecular flexibility index (Phi) is 4.77. The van der Waals surface area contributed by atoms with Gasteiger partial charge in [-0.15, -0.1) is 11.6 Å². The first-order valence-corrected chi connectivity index (χ1v) is 5.21. The van der Waals surface area contributed by atoms with Gasteiger partial charge in [0, 0.05) is 23.9 Å². The van der Waals surface area contributed by atoms with Crippen molar-refractivity contribution in [2.45, 2.75) is 13.0 Å². The summed E-state index contributed by atoms with van der Waals surface area (Å²) in [4.78, 5) is 11.1. The van der Waals surface area contributed by atoms with E-state index in [4.69, 9.17) is 23.2 Å². The molecule has 0 fully saturated rings. The van der Waals surface area contributed by atoms with Gasteiger partial charge in [-0.1, -0.05) is 29.8 Å². The molecule has 0 aliphatic carbocycles. The van der Waals surface area contributed by atoms with Gasteiger partial charge in [0.15, 0.2) is 0 Å². The van der Waals surface area contributed by atoms with Crippen LogP contribution >= 0.6 is 23.2 Å². The Morgan fingerprint density at radius 1 is 1.36 bits per heavy atom. The molecule has 0 radical (unpaired) electrons. The highest BCUT2D eigenvalue weighted by atomic mass is 35.5. The van der Waals surface area contributed by atoms with Gasteiger partial charge in [0.2, 0.25) is 5.91 Å². The lowest BCUT2D eigenvalue weighted by Gasteiger charge is -2.05. The van der Waals surface area contributed by atoms with Crippen molar-refractivity contribution in [2.24, 2.45) is 0 Å². The van der Waals surface area contributed by atoms with E-state index in [-0.39, 0.29) is 5.91 Å². The van der Waals surface area contributed by atoms with Crippen LogP contribution in [0.3, 0.4) is 0 Å². The van der Waals surface area contributed by atoms with E-state index in [1.807, 2.05) is 18.2 Å². The molecule has 1 aromatic carbocycles. The van der Waals surface area contributed by atoms with Crippen LogP contribution in [0.2, 0.25) is 5.02 Å². The molecule has 14 heavy (non-hydrogen) atoms. The molecule has 4 heteroatoms. The zero-order valence-electron chi connectivity index (χ0n) is 7.59. The molecule has 76 valence electrons. The number of hydrogen-bond donors (Lipinski definition) is 1. The summed E-state index contributed by atoms with van der Waals surface area (Å²) in [6.45, 7) is 0.454. The summed E-state index contributed by atoms with van der Waals surface area (Å²) < 4.78 is 0. The lowest BCUT2D eigenvalue weighted by atomic mass is 10.2. The van der Waals surface area contributed by atoms with E-state index in [2.05, 4.69) is 5.32 Å². The second-order valence-electron chi connectivity index (χ2n) is 2.81. The Morgan fingerprint density at radius 2 is 2.07 bits per heavy atom. The Bertz CT molecular complexity index is 315. The SMILES string of the molecule is O=C(CCCl)NCc1ccccc1Cl. The van der Waals surface area contributed by atoms with E-state index in [1.54, 1.807) is 6.07 Å². The van der Waals surface area contributed by atoms with Crippen LogP contribution in [0.4, 0.5) is 0 Å². The van der Waals surface area contributed by atoms with Crippen molar-refractivity contribution in [3.8, 4) is 0 Å². The minimum Gasteiger partial charge on any atom is -0.352 e. The van der Waals surface area contributed by atoms with Crippen molar-refractivity contribution >= 4 is 29.1 Å². The topological polar surface area (TPSA) is 29.1 Å². The molecular weight excluding hydrogens is 221 g/mol. The fraction of sp³-hybridized carbons (Fsp3) is 0.300. The lowest BCUT2D eigenvalue weighted by molar-refractivity contribution is -0.120. The zero-order chi connectivity index (χ0) is 10.4. The molecule has 0 atom stereocenters. The van der Waals surface area contributed by atoms with Crippen molar-refractivity contribution in [3.05, 3.63) is 34.9 Å². The molecule has 0 heterocycles. The first kappa shape index (κ1) is 11.3. The highest BCUT2D eigenvalue weighted by Gasteiger charge is 2.02. The molecule has 0 aliphatic rings. The number of hydrogen-bond acceptors (Lipinski definition) is 1. The predicted octanol–water partition coefficient (Wildman–Crippen LogP) is 2.59. The van der Waals surface area contributed by atoms with Crippen LogP contribution < -0.4 is 5.32 Å². The number of rotatable bonds is 4. The van der Waals surface area contributed by atoms with Gasteiger partial charge in [0.1, 0.15) is 0 Å². The van der Waals surface area contributed by atoms with Crippen molar-refractivity contribution in [3.63, 3.8) is 0 Å². The molecule has 0 saturated heterocycles. The number of amides is 1. The average molecular weight is 232 g/mol. The van der Waals surface area contributed by atoms with Gasteiger partial charge < -0.3 is 5.32 Å². The summed E-state index contributed by atoms with van der Waals surface area (Å²) >= 11 is 11.3. The molecule has 1 N–H and O–H groups in total. The second kappa shape index (κ2) is 5.89. The molecule has 0 unspecified atom stereocenters. The molecule has 1 rings (SSSR count). The van der Waals surface area contributed by atoms with Crippen LogP contribution in [0.25, 0.3) is 0 Å². The van der Waals surface area contributed by atoms with Crippen LogP contribution in [-0.4, -0.2) is 11.8 Å². The van der Waals surface area contributed by atoms with Gasteiger partial charge in [0.05, 0.1) is 0 Å². The van der Waals surface area contributed by atoms with Crippen LogP contribution in [0.5, 0.6) is 0 Å². The molecule has 0 aliphatic heterocycles. The van der Waals surface area contributed by atoms with Crippen LogP contribution in [-0.2, 0) is 11.3 Å². The van der Waals surface area contributed by atoms with Crippen molar-refractivity contribution in [1.82, 2.24) is 5.32 Å². The second-order valence-corrected chi connectivity index (χ2v) is 3.59. The van der Waals surface area contributed by atoms with Gasteiger partial charge in [-0.05, 0) is 11.6 Å². The summed E-state index contributed by atoms with van der Waals surface area (Å²) in [7, 11) is 0. The van der Waals surface area contributed by atoms with E-state index < -0.39 is 0 Å². The quantitative estimate of drug-likeness (QED) is 0.794. The fourth-order valence-corrected chi connectivity index (χ4v) is 1.38.